The van der Waals surface area contributed by atoms with Gasteiger partial charge in [0, 0.05) is 30.2 Å². The lowest BCUT2D eigenvalue weighted by atomic mass is 10.1. The van der Waals surface area contributed by atoms with Crippen LogP contribution in [0.2, 0.25) is 0 Å². The highest BCUT2D eigenvalue weighted by Crippen LogP contribution is 2.34. The maximum Gasteiger partial charge on any atom is 0.287 e. The van der Waals surface area contributed by atoms with Gasteiger partial charge in [-0.1, -0.05) is 18.2 Å². The Labute approximate surface area is 171 Å². The van der Waals surface area contributed by atoms with Crippen molar-refractivity contribution in [2.75, 3.05) is 31.2 Å². The number of anilines is 1. The van der Waals surface area contributed by atoms with E-state index < -0.39 is 0 Å². The van der Waals surface area contributed by atoms with Crippen molar-refractivity contribution >= 4 is 33.1 Å². The number of hydrogen-bond acceptors (Lipinski definition) is 6. The zero-order valence-corrected chi connectivity index (χ0v) is 16.8. The molecule has 2 aromatic heterocycles. The van der Waals surface area contributed by atoms with Gasteiger partial charge in [-0.2, -0.15) is 0 Å². The van der Waals surface area contributed by atoms with Gasteiger partial charge in [-0.15, -0.1) is 11.3 Å². The number of morpholine rings is 1. The van der Waals surface area contributed by atoms with E-state index in [4.69, 9.17) is 4.74 Å². The number of para-hydroxylation sites is 1. The zero-order chi connectivity index (χ0) is 19.8. The van der Waals surface area contributed by atoms with Crippen molar-refractivity contribution in [3.05, 3.63) is 56.4 Å². The van der Waals surface area contributed by atoms with Crippen LogP contribution in [0.5, 0.6) is 0 Å². The summed E-state index contributed by atoms with van der Waals surface area (Å²) in [7, 11) is 0. The number of fused-ring (bicyclic) bond motifs is 3. The summed E-state index contributed by atoms with van der Waals surface area (Å²) in [6.07, 6.45) is 3.00. The molecule has 0 radical (unpaired) electrons. The lowest BCUT2D eigenvalue weighted by molar-refractivity contribution is 0.0940. The van der Waals surface area contributed by atoms with Gasteiger partial charge in [0.15, 0.2) is 0 Å². The Kier molecular flexibility index (Phi) is 4.81. The first-order valence-electron chi connectivity index (χ1n) is 9.94. The topological polar surface area (TPSA) is 87.3 Å². The third-order valence-electron chi connectivity index (χ3n) is 5.57. The number of rotatable bonds is 4. The summed E-state index contributed by atoms with van der Waals surface area (Å²) in [5.41, 5.74) is 3.03. The number of H-pyrrole nitrogens is 1. The molecular formula is C21H22N4O3S. The molecule has 3 aromatic rings. The largest absolute Gasteiger partial charge is 0.378 e. The fourth-order valence-corrected chi connectivity index (χ4v) is 5.40. The summed E-state index contributed by atoms with van der Waals surface area (Å²) in [6, 6.07) is 8.03. The summed E-state index contributed by atoms with van der Waals surface area (Å²) in [5.74, 6) is -0.291. The van der Waals surface area contributed by atoms with Crippen LogP contribution in [0.1, 0.15) is 33.0 Å². The van der Waals surface area contributed by atoms with E-state index in [0.29, 0.717) is 30.0 Å². The smallest absolute Gasteiger partial charge is 0.287 e. The molecule has 5 rings (SSSR count). The van der Waals surface area contributed by atoms with E-state index in [-0.39, 0.29) is 17.3 Å². The SMILES string of the molecule is O=C(NCc1ccccc1N1CCOCC1)c1nc2sc3c(c2c(=O)[nH]1)CCC3. The average Bonchev–Trinajstić information content (AvgIpc) is 3.33. The Morgan fingerprint density at radius 2 is 2.07 bits per heavy atom. The van der Waals surface area contributed by atoms with Gasteiger partial charge in [0.2, 0.25) is 5.82 Å². The Hall–Kier alpha value is -2.71. The van der Waals surface area contributed by atoms with E-state index in [1.807, 2.05) is 18.2 Å². The minimum atomic E-state index is -0.366. The molecule has 8 heteroatoms. The number of aromatic amines is 1. The van der Waals surface area contributed by atoms with Gasteiger partial charge in [0.25, 0.3) is 11.5 Å². The van der Waals surface area contributed by atoms with Crippen LogP contribution >= 0.6 is 11.3 Å². The van der Waals surface area contributed by atoms with Crippen molar-refractivity contribution in [1.29, 1.82) is 0 Å². The van der Waals surface area contributed by atoms with Crippen LogP contribution < -0.4 is 15.8 Å². The molecule has 1 aliphatic heterocycles. The van der Waals surface area contributed by atoms with Crippen molar-refractivity contribution < 1.29 is 9.53 Å². The third kappa shape index (κ3) is 3.42. The molecular weight excluding hydrogens is 388 g/mol. The number of amides is 1. The number of carbonyl (C=O) groups is 1. The summed E-state index contributed by atoms with van der Waals surface area (Å²) in [4.78, 5) is 36.6. The lowest BCUT2D eigenvalue weighted by Gasteiger charge is -2.30. The highest BCUT2D eigenvalue weighted by Gasteiger charge is 2.22. The molecule has 1 aromatic carbocycles. The van der Waals surface area contributed by atoms with Crippen LogP contribution in [0.4, 0.5) is 5.69 Å². The number of ether oxygens (including phenoxy) is 1. The Morgan fingerprint density at radius 1 is 1.24 bits per heavy atom. The van der Waals surface area contributed by atoms with Gasteiger partial charge >= 0.3 is 0 Å². The van der Waals surface area contributed by atoms with Gasteiger partial charge in [-0.25, -0.2) is 4.98 Å². The molecule has 2 aliphatic rings. The van der Waals surface area contributed by atoms with Gasteiger partial charge in [-0.3, -0.25) is 9.59 Å². The van der Waals surface area contributed by atoms with E-state index in [9.17, 15) is 9.59 Å². The number of benzene rings is 1. The maximum absolute atomic E-state index is 12.7. The fraction of sp³-hybridized carbons (Fsp3) is 0.381. The predicted octanol–water partition coefficient (Wildman–Crippen LogP) is 2.24. The Balaban J connectivity index is 1.36. The number of hydrogen-bond donors (Lipinski definition) is 2. The molecule has 1 fully saturated rings. The molecule has 0 atom stereocenters. The summed E-state index contributed by atoms with van der Waals surface area (Å²) in [6.45, 7) is 3.45. The highest BCUT2D eigenvalue weighted by atomic mass is 32.1. The molecule has 1 aliphatic carbocycles. The second-order valence-electron chi connectivity index (χ2n) is 7.36. The second-order valence-corrected chi connectivity index (χ2v) is 8.45. The van der Waals surface area contributed by atoms with Gasteiger partial charge < -0.3 is 19.9 Å². The Morgan fingerprint density at radius 3 is 2.93 bits per heavy atom. The number of aromatic nitrogens is 2. The Bertz CT molecular complexity index is 1130. The van der Waals surface area contributed by atoms with Crippen molar-refractivity contribution in [3.8, 4) is 0 Å². The molecule has 0 saturated carbocycles. The van der Waals surface area contributed by atoms with Crippen LogP contribution in [-0.2, 0) is 24.1 Å². The number of nitrogens with zero attached hydrogens (tertiary/aromatic N) is 2. The molecule has 29 heavy (non-hydrogen) atoms. The van der Waals surface area contributed by atoms with Crippen molar-refractivity contribution in [1.82, 2.24) is 15.3 Å². The van der Waals surface area contributed by atoms with E-state index in [1.165, 1.54) is 16.2 Å². The molecule has 150 valence electrons. The van der Waals surface area contributed by atoms with E-state index in [0.717, 1.165) is 49.2 Å². The normalized spacial score (nSPS) is 16.2. The highest BCUT2D eigenvalue weighted by molar-refractivity contribution is 7.18. The minimum Gasteiger partial charge on any atom is -0.378 e. The average molecular weight is 410 g/mol. The molecule has 1 saturated heterocycles. The monoisotopic (exact) mass is 410 g/mol. The first kappa shape index (κ1) is 18.3. The molecule has 0 bridgehead atoms. The molecule has 0 unspecified atom stereocenters. The number of aryl methyl sites for hydroxylation is 2. The first-order valence-corrected chi connectivity index (χ1v) is 10.8. The van der Waals surface area contributed by atoms with Crippen LogP contribution in [-0.4, -0.2) is 42.2 Å². The summed E-state index contributed by atoms with van der Waals surface area (Å²) >= 11 is 1.54. The first-order chi connectivity index (χ1) is 14.2. The molecule has 7 nitrogen and oxygen atoms in total. The second kappa shape index (κ2) is 7.61. The quantitative estimate of drug-likeness (QED) is 0.689. The van der Waals surface area contributed by atoms with Crippen molar-refractivity contribution in [3.63, 3.8) is 0 Å². The standard InChI is InChI=1S/C21H22N4O3S/c26-19-17-14-5-3-7-16(14)29-21(17)24-18(23-19)20(27)22-12-13-4-1-2-6-15(13)25-8-10-28-11-9-25/h1-2,4,6H,3,5,7-12H2,(H,22,27)(H,23,24,26). The molecule has 0 spiro atoms. The van der Waals surface area contributed by atoms with Gasteiger partial charge in [-0.05, 0) is 36.5 Å². The maximum atomic E-state index is 12.7. The van der Waals surface area contributed by atoms with Crippen LogP contribution in [0.25, 0.3) is 10.2 Å². The molecule has 2 N–H and O–H groups in total. The van der Waals surface area contributed by atoms with E-state index in [1.54, 1.807) is 0 Å². The van der Waals surface area contributed by atoms with Crippen LogP contribution in [0, 0.1) is 0 Å². The van der Waals surface area contributed by atoms with E-state index in [2.05, 4.69) is 26.3 Å². The number of nitrogens with one attached hydrogen (secondary N) is 2. The van der Waals surface area contributed by atoms with Crippen LogP contribution in [0.3, 0.4) is 0 Å². The zero-order valence-electron chi connectivity index (χ0n) is 16.0. The van der Waals surface area contributed by atoms with Crippen molar-refractivity contribution in [2.24, 2.45) is 0 Å². The number of thiophene rings is 1. The van der Waals surface area contributed by atoms with Gasteiger partial charge in [0.1, 0.15) is 4.83 Å². The number of carbonyl (C=O) groups excluding carboxylic acids is 1. The lowest BCUT2D eigenvalue weighted by Crippen LogP contribution is -2.37. The van der Waals surface area contributed by atoms with Crippen LogP contribution in [0.15, 0.2) is 29.1 Å². The molecule has 1 amide bonds. The predicted molar refractivity (Wildman–Crippen MR) is 113 cm³/mol. The van der Waals surface area contributed by atoms with Crippen molar-refractivity contribution in [2.45, 2.75) is 25.8 Å². The molecule has 3 heterocycles. The summed E-state index contributed by atoms with van der Waals surface area (Å²) < 4.78 is 5.43. The van der Waals surface area contributed by atoms with E-state index >= 15 is 0 Å². The minimum absolute atomic E-state index is 0.0753. The summed E-state index contributed by atoms with van der Waals surface area (Å²) in [5, 5.41) is 3.57. The fourth-order valence-electron chi connectivity index (χ4n) is 4.14. The third-order valence-corrected chi connectivity index (χ3v) is 6.76. The van der Waals surface area contributed by atoms with Gasteiger partial charge in [0.05, 0.1) is 18.6 Å².